The molecule has 2 fully saturated rings. The van der Waals surface area contributed by atoms with Gasteiger partial charge in [-0.05, 0) is 50.3 Å². The number of likely N-dealkylation sites (tertiary alicyclic amines) is 1. The van der Waals surface area contributed by atoms with E-state index in [9.17, 15) is 0 Å². The van der Waals surface area contributed by atoms with Crippen molar-refractivity contribution >= 4 is 29.9 Å². The second kappa shape index (κ2) is 13.2. The fourth-order valence-electron chi connectivity index (χ4n) is 4.02. The normalized spacial score (nSPS) is 21.9. The highest BCUT2D eigenvalue weighted by molar-refractivity contribution is 14.0. The molecular formula is C22H37IN4O3. The van der Waals surface area contributed by atoms with Gasteiger partial charge in [-0.25, -0.2) is 0 Å². The van der Waals surface area contributed by atoms with E-state index < -0.39 is 0 Å². The van der Waals surface area contributed by atoms with E-state index in [4.69, 9.17) is 19.2 Å². The van der Waals surface area contributed by atoms with Gasteiger partial charge < -0.3 is 24.8 Å². The van der Waals surface area contributed by atoms with Crippen LogP contribution in [0.15, 0.2) is 23.2 Å². The molecule has 3 rings (SSSR count). The van der Waals surface area contributed by atoms with Crippen LogP contribution in [0.2, 0.25) is 0 Å². The Morgan fingerprint density at radius 3 is 2.60 bits per heavy atom. The zero-order chi connectivity index (χ0) is 20.5. The monoisotopic (exact) mass is 532 g/mol. The molecule has 1 aromatic carbocycles. The summed E-state index contributed by atoms with van der Waals surface area (Å²) in [7, 11) is 3.38. The van der Waals surface area contributed by atoms with Crippen LogP contribution in [0, 0.1) is 0 Å². The third kappa shape index (κ3) is 7.77. The van der Waals surface area contributed by atoms with Crippen molar-refractivity contribution in [1.29, 1.82) is 0 Å². The molecule has 7 nitrogen and oxygen atoms in total. The van der Waals surface area contributed by atoms with Crippen molar-refractivity contribution in [1.82, 2.24) is 15.5 Å². The molecule has 0 amide bonds. The topological polar surface area (TPSA) is 67.4 Å². The minimum absolute atomic E-state index is 0. The first-order valence-electron chi connectivity index (χ1n) is 10.8. The number of hydrogen-bond donors (Lipinski definition) is 2. The average Bonchev–Trinajstić information content (AvgIpc) is 3.40. The van der Waals surface area contributed by atoms with E-state index in [1.807, 2.05) is 6.07 Å². The summed E-state index contributed by atoms with van der Waals surface area (Å²) in [5, 5.41) is 6.99. The van der Waals surface area contributed by atoms with Crippen LogP contribution in [0.3, 0.4) is 0 Å². The Kier molecular flexibility index (Phi) is 11.0. The van der Waals surface area contributed by atoms with Gasteiger partial charge in [-0.2, -0.15) is 0 Å². The van der Waals surface area contributed by atoms with Gasteiger partial charge in [0.25, 0.3) is 0 Å². The number of aliphatic imine (C=N–C) groups is 1. The van der Waals surface area contributed by atoms with Gasteiger partial charge in [0.05, 0.1) is 20.3 Å². The molecule has 0 aliphatic carbocycles. The minimum atomic E-state index is 0. The van der Waals surface area contributed by atoms with E-state index in [1.165, 1.54) is 18.4 Å². The number of ether oxygens (including phenoxy) is 3. The van der Waals surface area contributed by atoms with Gasteiger partial charge in [0, 0.05) is 51.4 Å². The number of nitrogens with one attached hydrogen (secondary N) is 2. The predicted molar refractivity (Wildman–Crippen MR) is 131 cm³/mol. The van der Waals surface area contributed by atoms with E-state index in [0.717, 1.165) is 69.6 Å². The summed E-state index contributed by atoms with van der Waals surface area (Å²) in [5.74, 6) is 2.59. The van der Waals surface area contributed by atoms with Gasteiger partial charge in [-0.15, -0.1) is 24.0 Å². The quantitative estimate of drug-likeness (QED) is 0.290. The summed E-state index contributed by atoms with van der Waals surface area (Å²) >= 11 is 0. The van der Waals surface area contributed by atoms with Crippen LogP contribution in [-0.4, -0.2) is 70.0 Å². The average molecular weight is 532 g/mol. The molecule has 30 heavy (non-hydrogen) atoms. The van der Waals surface area contributed by atoms with Crippen LogP contribution in [0.25, 0.3) is 0 Å². The second-order valence-electron chi connectivity index (χ2n) is 7.77. The molecule has 8 heteroatoms. The SMILES string of the molecule is CCNC(=NCCC1CCCO1)NC1CCN(Cc2cc(OC)cc(OC)c2)C1.I. The minimum Gasteiger partial charge on any atom is -0.497 e. The van der Waals surface area contributed by atoms with Crippen molar-refractivity contribution in [2.75, 3.05) is 47.0 Å². The third-order valence-electron chi connectivity index (χ3n) is 5.52. The lowest BCUT2D eigenvalue weighted by molar-refractivity contribution is 0.106. The van der Waals surface area contributed by atoms with Crippen molar-refractivity contribution in [2.24, 2.45) is 4.99 Å². The number of hydrogen-bond acceptors (Lipinski definition) is 5. The van der Waals surface area contributed by atoms with Crippen LogP contribution in [0.5, 0.6) is 11.5 Å². The van der Waals surface area contributed by atoms with E-state index in [0.29, 0.717) is 12.1 Å². The highest BCUT2D eigenvalue weighted by Gasteiger charge is 2.23. The van der Waals surface area contributed by atoms with E-state index in [2.05, 4.69) is 34.6 Å². The molecule has 1 aromatic rings. The number of halogens is 1. The Morgan fingerprint density at radius 2 is 1.97 bits per heavy atom. The van der Waals surface area contributed by atoms with Crippen molar-refractivity contribution in [3.8, 4) is 11.5 Å². The van der Waals surface area contributed by atoms with Crippen LogP contribution < -0.4 is 20.1 Å². The lowest BCUT2D eigenvalue weighted by atomic mass is 10.2. The smallest absolute Gasteiger partial charge is 0.191 e. The van der Waals surface area contributed by atoms with Gasteiger partial charge >= 0.3 is 0 Å². The maximum atomic E-state index is 5.70. The first kappa shape index (κ1) is 25.0. The van der Waals surface area contributed by atoms with Crippen molar-refractivity contribution < 1.29 is 14.2 Å². The Labute approximate surface area is 197 Å². The first-order chi connectivity index (χ1) is 14.2. The van der Waals surface area contributed by atoms with Gasteiger partial charge in [-0.3, -0.25) is 9.89 Å². The van der Waals surface area contributed by atoms with Crippen molar-refractivity contribution in [3.63, 3.8) is 0 Å². The van der Waals surface area contributed by atoms with Crippen molar-refractivity contribution in [3.05, 3.63) is 23.8 Å². The van der Waals surface area contributed by atoms with Crippen molar-refractivity contribution in [2.45, 2.75) is 51.3 Å². The Morgan fingerprint density at radius 1 is 1.20 bits per heavy atom. The highest BCUT2D eigenvalue weighted by Crippen LogP contribution is 2.24. The summed E-state index contributed by atoms with van der Waals surface area (Å²) < 4.78 is 16.5. The van der Waals surface area contributed by atoms with Gasteiger partial charge in [0.2, 0.25) is 0 Å². The zero-order valence-electron chi connectivity index (χ0n) is 18.5. The van der Waals surface area contributed by atoms with Gasteiger partial charge in [0.15, 0.2) is 5.96 Å². The van der Waals surface area contributed by atoms with E-state index >= 15 is 0 Å². The third-order valence-corrected chi connectivity index (χ3v) is 5.52. The Bertz CT molecular complexity index is 646. The van der Waals surface area contributed by atoms with E-state index in [-0.39, 0.29) is 24.0 Å². The number of nitrogens with zero attached hydrogens (tertiary/aromatic N) is 2. The number of benzene rings is 1. The molecule has 2 N–H and O–H groups in total. The molecule has 0 bridgehead atoms. The molecule has 2 atom stereocenters. The zero-order valence-corrected chi connectivity index (χ0v) is 20.8. The standard InChI is InChI=1S/C22H36N4O3.HI/c1-4-23-22(24-9-7-19-6-5-11-29-19)25-18-8-10-26(16-18)15-17-12-20(27-2)14-21(13-17)28-3;/h12-14,18-19H,4-11,15-16H2,1-3H3,(H2,23,24,25);1H. The second-order valence-corrected chi connectivity index (χ2v) is 7.77. The largest absolute Gasteiger partial charge is 0.497 e. The molecule has 2 saturated heterocycles. The van der Waals surface area contributed by atoms with Gasteiger partial charge in [-0.1, -0.05) is 0 Å². The van der Waals surface area contributed by atoms with Crippen LogP contribution in [0.4, 0.5) is 0 Å². The lowest BCUT2D eigenvalue weighted by Crippen LogP contribution is -2.44. The van der Waals surface area contributed by atoms with Gasteiger partial charge in [0.1, 0.15) is 11.5 Å². The molecular weight excluding hydrogens is 495 g/mol. The molecule has 0 saturated carbocycles. The fourth-order valence-corrected chi connectivity index (χ4v) is 4.02. The molecule has 2 aliphatic heterocycles. The summed E-state index contributed by atoms with van der Waals surface area (Å²) in [5.41, 5.74) is 1.21. The number of guanidine groups is 1. The Hall–Kier alpha value is -1.26. The van der Waals surface area contributed by atoms with E-state index in [1.54, 1.807) is 14.2 Å². The summed E-state index contributed by atoms with van der Waals surface area (Å²) in [6.07, 6.45) is 4.86. The fraction of sp³-hybridized carbons (Fsp3) is 0.682. The van der Waals surface area contributed by atoms with Crippen LogP contribution in [-0.2, 0) is 11.3 Å². The summed E-state index contributed by atoms with van der Waals surface area (Å²) in [6, 6.07) is 6.48. The molecule has 2 heterocycles. The summed E-state index contributed by atoms with van der Waals surface area (Å²) in [6.45, 7) is 7.63. The predicted octanol–water partition coefficient (Wildman–Crippen LogP) is 3.02. The number of methoxy groups -OCH3 is 2. The first-order valence-corrected chi connectivity index (χ1v) is 10.8. The van der Waals surface area contributed by atoms with Crippen LogP contribution in [0.1, 0.15) is 38.2 Å². The molecule has 0 spiro atoms. The molecule has 0 radical (unpaired) electrons. The maximum Gasteiger partial charge on any atom is 0.191 e. The lowest BCUT2D eigenvalue weighted by Gasteiger charge is -2.19. The molecule has 2 aliphatic rings. The molecule has 2 unspecified atom stereocenters. The Balaban J connectivity index is 0.00000320. The maximum absolute atomic E-state index is 5.70. The highest BCUT2D eigenvalue weighted by atomic mass is 127. The molecule has 0 aromatic heterocycles. The molecule has 170 valence electrons. The summed E-state index contributed by atoms with van der Waals surface area (Å²) in [4.78, 5) is 7.22. The van der Waals surface area contributed by atoms with Crippen LogP contribution >= 0.6 is 24.0 Å². The number of rotatable bonds is 9.